The van der Waals surface area contributed by atoms with E-state index in [1.54, 1.807) is 4.68 Å². The van der Waals surface area contributed by atoms with Gasteiger partial charge in [0.15, 0.2) is 0 Å². The molecule has 2 aromatic rings. The van der Waals surface area contributed by atoms with Gasteiger partial charge in [-0.2, -0.15) is 5.10 Å². The zero-order chi connectivity index (χ0) is 15.1. The minimum atomic E-state index is -0.815. The van der Waals surface area contributed by atoms with Gasteiger partial charge in [-0.15, -0.1) is 0 Å². The molecule has 1 aromatic heterocycles. The number of carboxylic acids is 1. The van der Waals surface area contributed by atoms with E-state index in [9.17, 15) is 4.79 Å². The van der Waals surface area contributed by atoms with Gasteiger partial charge in [0.05, 0.1) is 17.8 Å². The summed E-state index contributed by atoms with van der Waals surface area (Å²) in [6.45, 7) is 4.00. The minimum Gasteiger partial charge on any atom is -0.481 e. The third kappa shape index (κ3) is 4.38. The van der Waals surface area contributed by atoms with Gasteiger partial charge in [0, 0.05) is 24.1 Å². The minimum absolute atomic E-state index is 0.0893. The molecule has 1 N–H and O–H groups in total. The van der Waals surface area contributed by atoms with Crippen molar-refractivity contribution in [1.29, 1.82) is 0 Å². The van der Waals surface area contributed by atoms with Crippen LogP contribution in [0.4, 0.5) is 0 Å². The molecular formula is C15H19ClN2O2. The molecule has 0 fully saturated rings. The number of carbonyl (C=O) groups is 1. The molecule has 1 aromatic carbocycles. The van der Waals surface area contributed by atoms with E-state index >= 15 is 0 Å². The quantitative estimate of drug-likeness (QED) is 0.933. The molecule has 0 saturated heterocycles. The summed E-state index contributed by atoms with van der Waals surface area (Å²) in [5.74, 6) is -0.815. The Kier molecular flexibility index (Phi) is 6.25. The standard InChI is InChI=1S/C13H13ClN2O2.C2H6/c1-16-12(9-3-2-4-10(14)7-9)8-11(15-16)5-6-13(17)18;1-2/h2-4,7-8H,5-6H2,1H3,(H,17,18);1-2H3. The highest BCUT2D eigenvalue weighted by Gasteiger charge is 2.09. The Morgan fingerprint density at radius 1 is 1.35 bits per heavy atom. The highest BCUT2D eigenvalue weighted by Crippen LogP contribution is 2.23. The predicted octanol–water partition coefficient (Wildman–Crippen LogP) is 3.78. The van der Waals surface area contributed by atoms with Crippen molar-refractivity contribution in [2.75, 3.05) is 0 Å². The average Bonchev–Trinajstić information content (AvgIpc) is 2.80. The van der Waals surface area contributed by atoms with E-state index in [1.165, 1.54) is 0 Å². The molecule has 1 heterocycles. The fourth-order valence-electron chi connectivity index (χ4n) is 1.80. The maximum atomic E-state index is 10.5. The lowest BCUT2D eigenvalue weighted by Crippen LogP contribution is -1.99. The van der Waals surface area contributed by atoms with E-state index < -0.39 is 5.97 Å². The molecule has 0 aliphatic carbocycles. The molecule has 0 unspecified atom stereocenters. The fraction of sp³-hybridized carbons (Fsp3) is 0.333. The number of halogens is 1. The van der Waals surface area contributed by atoms with Crippen LogP contribution in [0.25, 0.3) is 11.3 Å². The van der Waals surface area contributed by atoms with Crippen LogP contribution < -0.4 is 0 Å². The van der Waals surface area contributed by atoms with Crippen LogP contribution >= 0.6 is 11.6 Å². The first-order valence-electron chi connectivity index (χ1n) is 6.57. The molecule has 108 valence electrons. The zero-order valence-corrected chi connectivity index (χ0v) is 12.7. The van der Waals surface area contributed by atoms with E-state index in [2.05, 4.69) is 5.10 Å². The van der Waals surface area contributed by atoms with E-state index in [1.807, 2.05) is 51.2 Å². The topological polar surface area (TPSA) is 55.1 Å². The van der Waals surface area contributed by atoms with Crippen molar-refractivity contribution in [2.45, 2.75) is 26.7 Å². The second-order valence-corrected chi connectivity index (χ2v) is 4.49. The second-order valence-electron chi connectivity index (χ2n) is 4.05. The van der Waals surface area contributed by atoms with E-state index in [0.29, 0.717) is 11.4 Å². The molecule has 0 saturated carbocycles. The molecule has 5 heteroatoms. The molecule has 0 atom stereocenters. The largest absolute Gasteiger partial charge is 0.481 e. The Morgan fingerprint density at radius 3 is 2.65 bits per heavy atom. The summed E-state index contributed by atoms with van der Waals surface area (Å²) in [6.07, 6.45) is 0.524. The summed E-state index contributed by atoms with van der Waals surface area (Å²) in [6, 6.07) is 9.40. The van der Waals surface area contributed by atoms with Crippen LogP contribution in [-0.2, 0) is 18.3 Å². The molecule has 0 amide bonds. The van der Waals surface area contributed by atoms with Crippen molar-refractivity contribution in [3.8, 4) is 11.3 Å². The summed E-state index contributed by atoms with van der Waals surface area (Å²) in [5, 5.41) is 13.6. The van der Waals surface area contributed by atoms with Gasteiger partial charge in [-0.3, -0.25) is 9.48 Å². The van der Waals surface area contributed by atoms with Crippen LogP contribution in [-0.4, -0.2) is 20.9 Å². The van der Waals surface area contributed by atoms with Crippen LogP contribution in [0.2, 0.25) is 5.02 Å². The van der Waals surface area contributed by atoms with Gasteiger partial charge in [-0.25, -0.2) is 0 Å². The van der Waals surface area contributed by atoms with Gasteiger partial charge >= 0.3 is 5.97 Å². The first kappa shape index (κ1) is 16.2. The van der Waals surface area contributed by atoms with Gasteiger partial charge in [0.1, 0.15) is 0 Å². The normalized spacial score (nSPS) is 9.80. The molecule has 0 radical (unpaired) electrons. The average molecular weight is 295 g/mol. The second kappa shape index (κ2) is 7.70. The number of benzene rings is 1. The lowest BCUT2D eigenvalue weighted by molar-refractivity contribution is -0.136. The van der Waals surface area contributed by atoms with Gasteiger partial charge in [0.2, 0.25) is 0 Å². The molecule has 20 heavy (non-hydrogen) atoms. The summed E-state index contributed by atoms with van der Waals surface area (Å²) in [7, 11) is 1.83. The van der Waals surface area contributed by atoms with E-state index in [0.717, 1.165) is 17.0 Å². The van der Waals surface area contributed by atoms with Crippen molar-refractivity contribution in [1.82, 2.24) is 9.78 Å². The zero-order valence-electron chi connectivity index (χ0n) is 11.9. The van der Waals surface area contributed by atoms with Crippen LogP contribution in [0.1, 0.15) is 26.0 Å². The first-order chi connectivity index (χ1) is 9.56. The maximum Gasteiger partial charge on any atom is 0.303 e. The summed E-state index contributed by atoms with van der Waals surface area (Å²) < 4.78 is 1.74. The third-order valence-electron chi connectivity index (χ3n) is 2.65. The van der Waals surface area contributed by atoms with E-state index in [-0.39, 0.29) is 6.42 Å². The highest BCUT2D eigenvalue weighted by molar-refractivity contribution is 6.30. The highest BCUT2D eigenvalue weighted by atomic mass is 35.5. The summed E-state index contributed by atoms with van der Waals surface area (Å²) in [4.78, 5) is 10.5. The molecule has 0 aliphatic rings. The Morgan fingerprint density at radius 2 is 2.05 bits per heavy atom. The summed E-state index contributed by atoms with van der Waals surface area (Å²) >= 11 is 5.95. The van der Waals surface area contributed by atoms with Crippen LogP contribution in [0.5, 0.6) is 0 Å². The molecule has 0 bridgehead atoms. The van der Waals surface area contributed by atoms with Crippen LogP contribution in [0, 0.1) is 0 Å². The maximum absolute atomic E-state index is 10.5. The number of aliphatic carboxylic acids is 1. The monoisotopic (exact) mass is 294 g/mol. The SMILES string of the molecule is CC.Cn1nc(CCC(=O)O)cc1-c1cccc(Cl)c1. The molecule has 2 rings (SSSR count). The van der Waals surface area contributed by atoms with Gasteiger partial charge in [-0.1, -0.05) is 37.6 Å². The Hall–Kier alpha value is -1.81. The fourth-order valence-corrected chi connectivity index (χ4v) is 1.99. The van der Waals surface area contributed by atoms with Crippen LogP contribution in [0.15, 0.2) is 30.3 Å². The van der Waals surface area contributed by atoms with E-state index in [4.69, 9.17) is 16.7 Å². The van der Waals surface area contributed by atoms with Crippen molar-refractivity contribution in [3.63, 3.8) is 0 Å². The number of nitrogens with zero attached hydrogens (tertiary/aromatic N) is 2. The Balaban J connectivity index is 0.000000956. The smallest absolute Gasteiger partial charge is 0.303 e. The molecule has 4 nitrogen and oxygen atoms in total. The van der Waals surface area contributed by atoms with Gasteiger partial charge in [0.25, 0.3) is 0 Å². The molecule has 0 spiro atoms. The predicted molar refractivity (Wildman–Crippen MR) is 81.0 cm³/mol. The van der Waals surface area contributed by atoms with Crippen molar-refractivity contribution in [3.05, 3.63) is 41.0 Å². The number of carboxylic acid groups (broad SMARTS) is 1. The molecule has 0 aliphatic heterocycles. The third-order valence-corrected chi connectivity index (χ3v) is 2.88. The first-order valence-corrected chi connectivity index (χ1v) is 6.94. The number of aromatic nitrogens is 2. The Bertz CT molecular complexity index is 579. The Labute approximate surface area is 124 Å². The number of hydrogen-bond donors (Lipinski definition) is 1. The lowest BCUT2D eigenvalue weighted by Gasteiger charge is -2.01. The number of rotatable bonds is 4. The lowest BCUT2D eigenvalue weighted by atomic mass is 10.1. The molecular weight excluding hydrogens is 276 g/mol. The van der Waals surface area contributed by atoms with Crippen LogP contribution in [0.3, 0.4) is 0 Å². The van der Waals surface area contributed by atoms with Crippen molar-refractivity contribution in [2.24, 2.45) is 7.05 Å². The van der Waals surface area contributed by atoms with Gasteiger partial charge in [-0.05, 0) is 18.2 Å². The van der Waals surface area contributed by atoms with Gasteiger partial charge < -0.3 is 5.11 Å². The number of aryl methyl sites for hydroxylation is 2. The summed E-state index contributed by atoms with van der Waals surface area (Å²) in [5.41, 5.74) is 2.67. The number of hydrogen-bond acceptors (Lipinski definition) is 2. The van der Waals surface area contributed by atoms with Crippen molar-refractivity contribution >= 4 is 17.6 Å². The van der Waals surface area contributed by atoms with Crippen molar-refractivity contribution < 1.29 is 9.90 Å².